The molecule has 2 aliphatic heterocycles. The van der Waals surface area contributed by atoms with Crippen molar-refractivity contribution >= 4 is 45.2 Å². The van der Waals surface area contributed by atoms with Crippen molar-refractivity contribution in [1.29, 1.82) is 0 Å². The molecule has 8 nitrogen and oxygen atoms in total. The topological polar surface area (TPSA) is 88.9 Å². The van der Waals surface area contributed by atoms with E-state index in [-0.39, 0.29) is 24.0 Å². The van der Waals surface area contributed by atoms with Crippen LogP contribution in [0.5, 0.6) is 5.75 Å². The molecule has 6 rings (SSSR count). The molecule has 0 bridgehead atoms. The second-order valence-electron chi connectivity index (χ2n) is 10.1. The molecule has 188 valence electrons. The van der Waals surface area contributed by atoms with E-state index in [0.717, 1.165) is 52.3 Å². The van der Waals surface area contributed by atoms with Crippen molar-refractivity contribution in [3.8, 4) is 5.75 Å². The van der Waals surface area contributed by atoms with Gasteiger partial charge in [0.2, 0.25) is 5.91 Å². The van der Waals surface area contributed by atoms with E-state index in [0.29, 0.717) is 26.3 Å². The van der Waals surface area contributed by atoms with Crippen molar-refractivity contribution in [3.05, 3.63) is 40.0 Å². The van der Waals surface area contributed by atoms with Gasteiger partial charge in [-0.05, 0) is 68.9 Å². The Labute approximate surface area is 214 Å². The lowest BCUT2D eigenvalue weighted by Crippen LogP contribution is -2.50. The number of nitrogens with one attached hydrogen (secondary N) is 1. The van der Waals surface area contributed by atoms with Gasteiger partial charge in [-0.1, -0.05) is 0 Å². The maximum absolute atomic E-state index is 13.3. The normalized spacial score (nSPS) is 21.1. The number of carbonyl (C=O) groups is 1. The third kappa shape index (κ3) is 4.24. The Morgan fingerprint density at radius 1 is 1.31 bits per heavy atom. The summed E-state index contributed by atoms with van der Waals surface area (Å²) in [5, 5.41) is 4.62. The minimum Gasteiger partial charge on any atom is -0.489 e. The molecule has 2 aromatic heterocycles. The lowest BCUT2D eigenvalue weighted by molar-refractivity contribution is -0.143. The van der Waals surface area contributed by atoms with Crippen LogP contribution in [0.25, 0.3) is 10.2 Å². The number of fused-ring (bicyclic) bond motifs is 4. The molecule has 1 aromatic carbocycles. The lowest BCUT2D eigenvalue weighted by Gasteiger charge is -2.36. The Kier molecular flexibility index (Phi) is 6.13. The van der Waals surface area contributed by atoms with E-state index >= 15 is 0 Å². The molecule has 1 aliphatic carbocycles. The lowest BCUT2D eigenvalue weighted by atomic mass is 9.86. The first kappa shape index (κ1) is 23.4. The van der Waals surface area contributed by atoms with E-state index in [2.05, 4.69) is 39.3 Å². The standard InChI is InChI=1S/C27H31N5O3S/c1-15(2)35-22-9-19-12-28-11-18(19)8-21(22)31-25-24-20-5-4-17(10-23(20)36-26(24)30-14-29-25)27(33)32-6-7-34-13-16(32)3/h8-9,11,14-17H,4-7,10,12-13H2,1-3H3,(H,29,30,31)/t16-,17+/m1/s1. The molecular weight excluding hydrogens is 474 g/mol. The molecule has 3 aromatic rings. The third-order valence-corrected chi connectivity index (χ3v) is 8.36. The number of aliphatic imine (C=N–C) groups is 1. The van der Waals surface area contributed by atoms with Gasteiger partial charge < -0.3 is 19.7 Å². The largest absolute Gasteiger partial charge is 0.489 e. The number of nitrogens with zero attached hydrogens (tertiary/aromatic N) is 4. The number of hydrogen-bond acceptors (Lipinski definition) is 8. The number of aryl methyl sites for hydroxylation is 1. The SMILES string of the molecule is CC(C)Oc1cc2c(cc1Nc1ncnc3sc4c(c13)CC[C@H](C(=O)N1CCOC[C@H]1C)C4)C=NC2. The Balaban J connectivity index is 1.31. The number of ether oxygens (including phenoxy) is 2. The summed E-state index contributed by atoms with van der Waals surface area (Å²) >= 11 is 1.69. The molecule has 4 heterocycles. The first-order valence-corrected chi connectivity index (χ1v) is 13.5. The third-order valence-electron chi connectivity index (χ3n) is 7.19. The van der Waals surface area contributed by atoms with E-state index in [1.165, 1.54) is 16.0 Å². The van der Waals surface area contributed by atoms with E-state index in [4.69, 9.17) is 9.47 Å². The van der Waals surface area contributed by atoms with Crippen LogP contribution < -0.4 is 10.1 Å². The van der Waals surface area contributed by atoms with Crippen molar-refractivity contribution in [1.82, 2.24) is 14.9 Å². The Hall–Kier alpha value is -3.04. The van der Waals surface area contributed by atoms with Gasteiger partial charge >= 0.3 is 0 Å². The van der Waals surface area contributed by atoms with E-state index in [1.807, 2.05) is 25.0 Å². The van der Waals surface area contributed by atoms with Gasteiger partial charge in [-0.3, -0.25) is 9.79 Å². The van der Waals surface area contributed by atoms with Gasteiger partial charge in [0.05, 0.1) is 43.0 Å². The Bertz CT molecular complexity index is 1350. The second-order valence-corrected chi connectivity index (χ2v) is 11.2. The predicted molar refractivity (Wildman–Crippen MR) is 142 cm³/mol. The summed E-state index contributed by atoms with van der Waals surface area (Å²) < 4.78 is 11.7. The molecule has 0 radical (unpaired) electrons. The number of anilines is 2. The maximum Gasteiger partial charge on any atom is 0.226 e. The zero-order valence-corrected chi connectivity index (χ0v) is 21.7. The number of hydrogen-bond donors (Lipinski definition) is 1. The van der Waals surface area contributed by atoms with Crippen LogP contribution in [-0.2, 0) is 28.9 Å². The van der Waals surface area contributed by atoms with Crippen LogP contribution in [0.1, 0.15) is 48.8 Å². The molecule has 0 spiro atoms. The summed E-state index contributed by atoms with van der Waals surface area (Å²) in [6.45, 7) is 8.74. The zero-order valence-electron chi connectivity index (χ0n) is 20.9. The highest BCUT2D eigenvalue weighted by molar-refractivity contribution is 7.19. The summed E-state index contributed by atoms with van der Waals surface area (Å²) in [6.07, 6.45) is 6.02. The highest BCUT2D eigenvalue weighted by atomic mass is 32.1. The molecule has 9 heteroatoms. The fraction of sp³-hybridized carbons (Fsp3) is 0.481. The van der Waals surface area contributed by atoms with Crippen molar-refractivity contribution in [3.63, 3.8) is 0 Å². The number of aromatic nitrogens is 2. The maximum atomic E-state index is 13.3. The minimum atomic E-state index is 0.0116. The quantitative estimate of drug-likeness (QED) is 0.549. The van der Waals surface area contributed by atoms with Crippen molar-refractivity contribution < 1.29 is 14.3 Å². The summed E-state index contributed by atoms with van der Waals surface area (Å²) in [5.74, 6) is 1.86. The fourth-order valence-electron chi connectivity index (χ4n) is 5.42. The van der Waals surface area contributed by atoms with Crippen LogP contribution in [0, 0.1) is 5.92 Å². The van der Waals surface area contributed by atoms with Crippen molar-refractivity contribution in [2.75, 3.05) is 25.1 Å². The van der Waals surface area contributed by atoms with Gasteiger partial charge in [0.1, 0.15) is 22.7 Å². The van der Waals surface area contributed by atoms with Crippen molar-refractivity contribution in [2.45, 2.75) is 58.7 Å². The summed E-state index contributed by atoms with van der Waals surface area (Å²) in [6, 6.07) is 4.31. The summed E-state index contributed by atoms with van der Waals surface area (Å²) in [5.41, 5.74) is 4.42. The minimum absolute atomic E-state index is 0.0116. The van der Waals surface area contributed by atoms with Gasteiger partial charge in [-0.2, -0.15) is 0 Å². The number of rotatable bonds is 5. The predicted octanol–water partition coefficient (Wildman–Crippen LogP) is 4.51. The average molecular weight is 506 g/mol. The second kappa shape index (κ2) is 9.44. The highest BCUT2D eigenvalue weighted by Crippen LogP contribution is 2.42. The fourth-order valence-corrected chi connectivity index (χ4v) is 6.69. The van der Waals surface area contributed by atoms with Gasteiger partial charge in [0.15, 0.2) is 0 Å². The monoisotopic (exact) mass is 505 g/mol. The van der Waals surface area contributed by atoms with Gasteiger partial charge in [0.25, 0.3) is 0 Å². The number of thiophene rings is 1. The molecule has 3 aliphatic rings. The van der Waals surface area contributed by atoms with E-state index in [1.54, 1.807) is 17.7 Å². The highest BCUT2D eigenvalue weighted by Gasteiger charge is 2.34. The summed E-state index contributed by atoms with van der Waals surface area (Å²) in [4.78, 5) is 31.2. The molecule has 1 N–H and O–H groups in total. The average Bonchev–Trinajstić information content (AvgIpc) is 3.47. The van der Waals surface area contributed by atoms with Crippen LogP contribution in [0.4, 0.5) is 11.5 Å². The first-order valence-electron chi connectivity index (χ1n) is 12.7. The van der Waals surface area contributed by atoms with Crippen LogP contribution in [-0.4, -0.2) is 58.9 Å². The van der Waals surface area contributed by atoms with Crippen LogP contribution in [0.2, 0.25) is 0 Å². The van der Waals surface area contributed by atoms with Gasteiger partial charge in [-0.25, -0.2) is 9.97 Å². The first-order chi connectivity index (χ1) is 17.5. The molecule has 1 saturated heterocycles. The molecule has 2 atom stereocenters. The molecule has 36 heavy (non-hydrogen) atoms. The molecule has 1 amide bonds. The molecular formula is C27H31N5O3S. The van der Waals surface area contributed by atoms with Crippen molar-refractivity contribution in [2.24, 2.45) is 10.9 Å². The van der Waals surface area contributed by atoms with Gasteiger partial charge in [0, 0.05) is 23.6 Å². The molecule has 1 fully saturated rings. The van der Waals surface area contributed by atoms with E-state index < -0.39 is 0 Å². The summed E-state index contributed by atoms with van der Waals surface area (Å²) in [7, 11) is 0. The van der Waals surface area contributed by atoms with Crippen LogP contribution >= 0.6 is 11.3 Å². The van der Waals surface area contributed by atoms with Gasteiger partial charge in [-0.15, -0.1) is 11.3 Å². The smallest absolute Gasteiger partial charge is 0.226 e. The number of carbonyl (C=O) groups excluding carboxylic acids is 1. The van der Waals surface area contributed by atoms with Crippen LogP contribution in [0.3, 0.4) is 0 Å². The number of morpholine rings is 1. The van der Waals surface area contributed by atoms with E-state index in [9.17, 15) is 4.79 Å². The number of amides is 1. The number of benzene rings is 1. The van der Waals surface area contributed by atoms with Crippen LogP contribution in [0.15, 0.2) is 23.5 Å². The Morgan fingerprint density at radius 3 is 3.03 bits per heavy atom. The Morgan fingerprint density at radius 2 is 2.19 bits per heavy atom. The molecule has 0 saturated carbocycles. The molecule has 0 unspecified atom stereocenters. The zero-order chi connectivity index (χ0) is 24.8.